The predicted molar refractivity (Wildman–Crippen MR) is 54.2 cm³/mol. The number of esters is 1. The van der Waals surface area contributed by atoms with Gasteiger partial charge in [0.25, 0.3) is 0 Å². The van der Waals surface area contributed by atoms with Gasteiger partial charge in [0, 0.05) is 25.3 Å². The molecule has 0 saturated carbocycles. The second-order valence-corrected chi connectivity index (χ2v) is 3.08. The lowest BCUT2D eigenvalue weighted by molar-refractivity contribution is -0.143. The average Bonchev–Trinajstić information content (AvgIpc) is 2.13. The van der Waals surface area contributed by atoms with Crippen LogP contribution in [0.1, 0.15) is 26.2 Å². The lowest BCUT2D eigenvalue weighted by Crippen LogP contribution is -2.25. The van der Waals surface area contributed by atoms with Gasteiger partial charge >= 0.3 is 5.97 Å². The van der Waals surface area contributed by atoms with Gasteiger partial charge in [-0.25, -0.2) is 0 Å². The second-order valence-electron chi connectivity index (χ2n) is 2.70. The first-order valence-corrected chi connectivity index (χ1v) is 5.22. The molecule has 0 heterocycles. The number of carbonyl (C=O) groups excluding carboxylic acids is 2. The van der Waals surface area contributed by atoms with Crippen LogP contribution >= 0.6 is 11.6 Å². The van der Waals surface area contributed by atoms with Crippen molar-refractivity contribution in [3.05, 3.63) is 0 Å². The topological polar surface area (TPSA) is 55.4 Å². The van der Waals surface area contributed by atoms with Gasteiger partial charge < -0.3 is 10.1 Å². The lowest BCUT2D eigenvalue weighted by atomic mass is 10.3. The molecule has 0 aliphatic carbocycles. The summed E-state index contributed by atoms with van der Waals surface area (Å²) in [5.41, 5.74) is 0. The summed E-state index contributed by atoms with van der Waals surface area (Å²) in [7, 11) is 0. The Labute approximate surface area is 88.9 Å². The van der Waals surface area contributed by atoms with E-state index in [2.05, 4.69) is 5.32 Å². The van der Waals surface area contributed by atoms with Crippen LogP contribution in [0.4, 0.5) is 0 Å². The van der Waals surface area contributed by atoms with Crippen LogP contribution in [-0.4, -0.2) is 30.9 Å². The zero-order valence-corrected chi connectivity index (χ0v) is 9.10. The van der Waals surface area contributed by atoms with Crippen LogP contribution in [0.25, 0.3) is 0 Å². The van der Waals surface area contributed by atoms with Gasteiger partial charge in [-0.15, -0.1) is 11.6 Å². The van der Waals surface area contributed by atoms with Crippen molar-refractivity contribution in [1.82, 2.24) is 5.32 Å². The van der Waals surface area contributed by atoms with Gasteiger partial charge in [0.1, 0.15) is 0 Å². The van der Waals surface area contributed by atoms with Crippen molar-refractivity contribution >= 4 is 23.5 Å². The molecule has 0 aromatic carbocycles. The maximum Gasteiger partial charge on any atom is 0.305 e. The van der Waals surface area contributed by atoms with Gasteiger partial charge in [-0.1, -0.05) is 0 Å². The van der Waals surface area contributed by atoms with Crippen LogP contribution < -0.4 is 5.32 Å². The lowest BCUT2D eigenvalue weighted by Gasteiger charge is -2.03. The molecule has 5 heteroatoms. The Balaban J connectivity index is 3.28. The zero-order chi connectivity index (χ0) is 10.8. The number of hydrogen-bond acceptors (Lipinski definition) is 3. The summed E-state index contributed by atoms with van der Waals surface area (Å²) >= 11 is 5.37. The number of amides is 1. The van der Waals surface area contributed by atoms with Crippen molar-refractivity contribution in [3.8, 4) is 0 Å². The third-order valence-electron chi connectivity index (χ3n) is 1.51. The molecule has 1 amide bonds. The van der Waals surface area contributed by atoms with Gasteiger partial charge in [-0.2, -0.15) is 0 Å². The average molecular weight is 222 g/mol. The number of hydrogen-bond donors (Lipinski definition) is 1. The summed E-state index contributed by atoms with van der Waals surface area (Å²) in [6.07, 6.45) is 1.27. The highest BCUT2D eigenvalue weighted by Gasteiger charge is 2.02. The number of carbonyl (C=O) groups is 2. The summed E-state index contributed by atoms with van der Waals surface area (Å²) in [4.78, 5) is 21.8. The summed E-state index contributed by atoms with van der Waals surface area (Å²) in [6.45, 7) is 2.66. The summed E-state index contributed by atoms with van der Waals surface area (Å²) < 4.78 is 4.72. The molecule has 0 saturated heterocycles. The largest absolute Gasteiger partial charge is 0.466 e. The summed E-state index contributed by atoms with van der Waals surface area (Å²) in [5, 5.41) is 2.65. The number of rotatable bonds is 7. The molecule has 0 aromatic rings. The molecular weight excluding hydrogens is 206 g/mol. The molecule has 0 aliphatic rings. The molecule has 0 aromatic heterocycles. The van der Waals surface area contributed by atoms with Crippen molar-refractivity contribution in [1.29, 1.82) is 0 Å². The van der Waals surface area contributed by atoms with E-state index in [1.54, 1.807) is 6.92 Å². The fraction of sp³-hybridized carbons (Fsp3) is 0.778. The number of ether oxygens (including phenoxy) is 1. The SMILES string of the molecule is CCOC(=O)CCCNC(=O)CCCl. The third kappa shape index (κ3) is 7.86. The van der Waals surface area contributed by atoms with Crippen molar-refractivity contribution in [2.45, 2.75) is 26.2 Å². The second kappa shape index (κ2) is 8.81. The molecule has 0 unspecified atom stereocenters. The standard InChI is InChI=1S/C9H16ClNO3/c1-2-14-9(13)4-3-7-11-8(12)5-6-10/h2-7H2,1H3,(H,11,12). The summed E-state index contributed by atoms with van der Waals surface area (Å²) in [5.74, 6) is 0.0203. The Morgan fingerprint density at radius 1 is 1.36 bits per heavy atom. The van der Waals surface area contributed by atoms with E-state index in [1.807, 2.05) is 0 Å². The predicted octanol–water partition coefficient (Wildman–Crippen LogP) is 1.07. The fourth-order valence-corrected chi connectivity index (χ4v) is 1.04. The zero-order valence-electron chi connectivity index (χ0n) is 8.35. The smallest absolute Gasteiger partial charge is 0.305 e. The molecule has 0 fully saturated rings. The van der Waals surface area contributed by atoms with Gasteiger partial charge in [-0.05, 0) is 13.3 Å². The molecule has 0 aliphatic heterocycles. The summed E-state index contributed by atoms with van der Waals surface area (Å²) in [6, 6.07) is 0. The number of alkyl halides is 1. The molecule has 0 radical (unpaired) electrons. The van der Waals surface area contributed by atoms with Gasteiger partial charge in [-0.3, -0.25) is 9.59 Å². The minimum absolute atomic E-state index is 0.0798. The molecular formula is C9H16ClNO3. The van der Waals surface area contributed by atoms with E-state index in [4.69, 9.17) is 16.3 Å². The first kappa shape index (κ1) is 13.2. The minimum Gasteiger partial charge on any atom is -0.466 e. The molecule has 14 heavy (non-hydrogen) atoms. The van der Waals surface area contributed by atoms with E-state index in [1.165, 1.54) is 0 Å². The maximum atomic E-state index is 10.9. The van der Waals surface area contributed by atoms with Crippen LogP contribution in [0.3, 0.4) is 0 Å². The normalized spacial score (nSPS) is 9.57. The molecule has 1 N–H and O–H groups in total. The van der Waals surface area contributed by atoms with E-state index in [0.29, 0.717) is 38.3 Å². The first-order chi connectivity index (χ1) is 6.70. The van der Waals surface area contributed by atoms with Crippen molar-refractivity contribution in [2.75, 3.05) is 19.0 Å². The first-order valence-electron chi connectivity index (χ1n) is 4.69. The molecule has 0 bridgehead atoms. The van der Waals surface area contributed by atoms with Gasteiger partial charge in [0.2, 0.25) is 5.91 Å². The molecule has 0 atom stereocenters. The minimum atomic E-state index is -0.223. The van der Waals surface area contributed by atoms with Gasteiger partial charge in [0.05, 0.1) is 6.61 Å². The quantitative estimate of drug-likeness (QED) is 0.398. The molecule has 4 nitrogen and oxygen atoms in total. The van der Waals surface area contributed by atoms with Crippen LogP contribution in [0.5, 0.6) is 0 Å². The van der Waals surface area contributed by atoms with Crippen molar-refractivity contribution < 1.29 is 14.3 Å². The highest BCUT2D eigenvalue weighted by Crippen LogP contribution is 1.92. The van der Waals surface area contributed by atoms with Crippen LogP contribution in [0, 0.1) is 0 Å². The highest BCUT2D eigenvalue weighted by atomic mass is 35.5. The molecule has 0 spiro atoms. The Bertz CT molecular complexity index is 165. The van der Waals surface area contributed by atoms with E-state index in [0.717, 1.165) is 0 Å². The number of nitrogens with one attached hydrogen (secondary N) is 1. The van der Waals surface area contributed by atoms with Crippen LogP contribution in [0.15, 0.2) is 0 Å². The van der Waals surface area contributed by atoms with E-state index >= 15 is 0 Å². The molecule has 82 valence electrons. The highest BCUT2D eigenvalue weighted by molar-refractivity contribution is 6.18. The fourth-order valence-electron chi connectivity index (χ4n) is 0.868. The van der Waals surface area contributed by atoms with E-state index in [9.17, 15) is 9.59 Å². The monoisotopic (exact) mass is 221 g/mol. The van der Waals surface area contributed by atoms with Crippen molar-refractivity contribution in [3.63, 3.8) is 0 Å². The van der Waals surface area contributed by atoms with E-state index in [-0.39, 0.29) is 11.9 Å². The van der Waals surface area contributed by atoms with Gasteiger partial charge in [0.15, 0.2) is 0 Å². The third-order valence-corrected chi connectivity index (χ3v) is 1.70. The Kier molecular flexibility index (Phi) is 8.33. The Morgan fingerprint density at radius 3 is 2.64 bits per heavy atom. The van der Waals surface area contributed by atoms with Crippen LogP contribution in [-0.2, 0) is 14.3 Å². The Hall–Kier alpha value is -0.770. The Morgan fingerprint density at radius 2 is 2.07 bits per heavy atom. The maximum absolute atomic E-state index is 10.9. The number of halogens is 1. The van der Waals surface area contributed by atoms with E-state index < -0.39 is 0 Å². The van der Waals surface area contributed by atoms with Crippen LogP contribution in [0.2, 0.25) is 0 Å². The molecule has 0 rings (SSSR count). The van der Waals surface area contributed by atoms with Crippen molar-refractivity contribution in [2.24, 2.45) is 0 Å².